The molecule has 1 aliphatic rings. The second kappa shape index (κ2) is 7.35. The molecule has 0 aliphatic carbocycles. The third-order valence-electron chi connectivity index (χ3n) is 4.81. The van der Waals surface area contributed by atoms with Crippen molar-refractivity contribution in [3.63, 3.8) is 0 Å². The number of aryl methyl sites for hydroxylation is 1. The van der Waals surface area contributed by atoms with Crippen molar-refractivity contribution < 1.29 is 18.0 Å². The molecule has 12 heteroatoms. The highest BCUT2D eigenvalue weighted by molar-refractivity contribution is 6.08. The Morgan fingerprint density at radius 3 is 2.93 bits per heavy atom. The first kappa shape index (κ1) is 19.2. The summed E-state index contributed by atoms with van der Waals surface area (Å²) in [5, 5.41) is 10.2. The number of piperidine rings is 1. The van der Waals surface area contributed by atoms with Crippen LogP contribution in [0, 0.1) is 0 Å². The van der Waals surface area contributed by atoms with Gasteiger partial charge in [-0.25, -0.2) is 22.7 Å². The molecule has 2 atom stereocenters. The fraction of sp³-hybridized carbons (Fsp3) is 0.412. The van der Waals surface area contributed by atoms with Gasteiger partial charge in [0.25, 0.3) is 12.3 Å². The third-order valence-corrected chi connectivity index (χ3v) is 4.81. The number of anilines is 2. The number of nitrogens with one attached hydrogen (secondary N) is 1. The Bertz CT molecular complexity index is 1050. The lowest BCUT2D eigenvalue weighted by atomic mass is 10.0. The molecule has 0 aromatic carbocycles. The molecule has 0 radical (unpaired) electrons. The molecule has 0 spiro atoms. The molecule has 0 unspecified atom stereocenters. The van der Waals surface area contributed by atoms with Gasteiger partial charge in [0.05, 0.1) is 17.9 Å². The monoisotopic (exact) mass is 408 g/mol. The van der Waals surface area contributed by atoms with E-state index in [2.05, 4.69) is 20.5 Å². The number of hydrogen-bond donors (Lipinski definition) is 2. The number of halogens is 3. The van der Waals surface area contributed by atoms with E-state index in [1.807, 2.05) is 4.90 Å². The number of carbonyl (C=O) groups excluding carboxylic acids is 1. The molecular weight excluding hydrogens is 389 g/mol. The Kier molecular flexibility index (Phi) is 4.86. The molecule has 1 amide bonds. The van der Waals surface area contributed by atoms with E-state index in [1.54, 1.807) is 12.3 Å². The van der Waals surface area contributed by atoms with Crippen LogP contribution < -0.4 is 16.0 Å². The average Bonchev–Trinajstić information content (AvgIpc) is 3.26. The molecule has 0 bridgehead atoms. The standard InChI is InChI=1S/C17H19F3N8O/c1-26-8-12(14(25-26)15(19)20)23-17(29)9-6-22-28-5-3-13(24-16(9)28)27-4-2-10(18)11(21)7-27/h3,5-6,8,10-11,15H,2,4,7,21H2,1H3,(H,23,29)/t10-,11+/m0/s1. The molecule has 0 saturated carbocycles. The van der Waals surface area contributed by atoms with E-state index in [9.17, 15) is 18.0 Å². The third kappa shape index (κ3) is 3.62. The number of nitrogens with zero attached hydrogens (tertiary/aromatic N) is 6. The maximum absolute atomic E-state index is 13.6. The SMILES string of the molecule is Cn1cc(NC(=O)c2cnn3ccc(N4CC[C@H](F)[C@H](N)C4)nc23)c(C(F)F)n1. The van der Waals surface area contributed by atoms with Gasteiger partial charge in [-0.3, -0.25) is 9.48 Å². The molecule has 4 rings (SSSR count). The van der Waals surface area contributed by atoms with E-state index < -0.39 is 30.2 Å². The Balaban J connectivity index is 1.62. The van der Waals surface area contributed by atoms with E-state index >= 15 is 0 Å². The Labute approximate surface area is 163 Å². The number of nitrogens with two attached hydrogens (primary N) is 1. The van der Waals surface area contributed by atoms with E-state index in [0.717, 1.165) is 0 Å². The highest BCUT2D eigenvalue weighted by Gasteiger charge is 2.27. The molecule has 4 heterocycles. The quantitative estimate of drug-likeness (QED) is 0.678. The van der Waals surface area contributed by atoms with Gasteiger partial charge >= 0.3 is 0 Å². The van der Waals surface area contributed by atoms with Crippen molar-refractivity contribution in [3.05, 3.63) is 35.9 Å². The minimum Gasteiger partial charge on any atom is -0.355 e. The zero-order chi connectivity index (χ0) is 20.7. The summed E-state index contributed by atoms with van der Waals surface area (Å²) in [6.45, 7) is 0.745. The zero-order valence-electron chi connectivity index (χ0n) is 15.5. The highest BCUT2D eigenvalue weighted by atomic mass is 19.3. The summed E-state index contributed by atoms with van der Waals surface area (Å²) in [7, 11) is 1.48. The number of rotatable bonds is 4. The van der Waals surface area contributed by atoms with Crippen LogP contribution in [0.1, 0.15) is 28.9 Å². The van der Waals surface area contributed by atoms with Gasteiger partial charge in [0.1, 0.15) is 17.6 Å². The lowest BCUT2D eigenvalue weighted by molar-refractivity contribution is 0.102. The predicted molar refractivity (Wildman–Crippen MR) is 98.8 cm³/mol. The fourth-order valence-corrected chi connectivity index (χ4v) is 3.31. The summed E-state index contributed by atoms with van der Waals surface area (Å²) < 4.78 is 42.4. The molecule has 1 aliphatic heterocycles. The molecular formula is C17H19F3N8O. The van der Waals surface area contributed by atoms with Gasteiger partial charge in [-0.05, 0) is 12.5 Å². The number of fused-ring (bicyclic) bond motifs is 1. The largest absolute Gasteiger partial charge is 0.355 e. The van der Waals surface area contributed by atoms with Crippen LogP contribution in [-0.2, 0) is 7.05 Å². The van der Waals surface area contributed by atoms with Crippen LogP contribution in [0.2, 0.25) is 0 Å². The van der Waals surface area contributed by atoms with Crippen LogP contribution in [0.4, 0.5) is 24.7 Å². The van der Waals surface area contributed by atoms with Crippen LogP contribution in [0.5, 0.6) is 0 Å². The van der Waals surface area contributed by atoms with E-state index in [-0.39, 0.29) is 23.3 Å². The molecule has 29 heavy (non-hydrogen) atoms. The van der Waals surface area contributed by atoms with Gasteiger partial charge in [0, 0.05) is 32.5 Å². The number of aromatic nitrogens is 5. The first-order valence-electron chi connectivity index (χ1n) is 8.95. The van der Waals surface area contributed by atoms with Crippen LogP contribution in [0.15, 0.2) is 24.7 Å². The summed E-state index contributed by atoms with van der Waals surface area (Å²) in [6, 6.07) is 1.08. The molecule has 3 N–H and O–H groups in total. The van der Waals surface area contributed by atoms with E-state index in [0.29, 0.717) is 18.9 Å². The summed E-state index contributed by atoms with van der Waals surface area (Å²) in [6.07, 6.45) is 0.623. The molecule has 9 nitrogen and oxygen atoms in total. The van der Waals surface area contributed by atoms with Crippen molar-refractivity contribution in [1.82, 2.24) is 24.4 Å². The number of carbonyl (C=O) groups is 1. The Hall–Kier alpha value is -3.15. The van der Waals surface area contributed by atoms with Crippen LogP contribution in [-0.4, -0.2) is 55.6 Å². The second-order valence-electron chi connectivity index (χ2n) is 6.88. The fourth-order valence-electron chi connectivity index (χ4n) is 3.31. The van der Waals surface area contributed by atoms with Gasteiger partial charge in [-0.1, -0.05) is 0 Å². The summed E-state index contributed by atoms with van der Waals surface area (Å²) in [4.78, 5) is 19.0. The van der Waals surface area contributed by atoms with Crippen LogP contribution >= 0.6 is 0 Å². The van der Waals surface area contributed by atoms with Crippen molar-refractivity contribution in [2.45, 2.75) is 25.1 Å². The minimum atomic E-state index is -2.83. The van der Waals surface area contributed by atoms with Gasteiger partial charge in [0.2, 0.25) is 0 Å². The van der Waals surface area contributed by atoms with Gasteiger partial charge in [-0.15, -0.1) is 0 Å². The molecule has 1 fully saturated rings. The second-order valence-corrected chi connectivity index (χ2v) is 6.88. The minimum absolute atomic E-state index is 0.0843. The van der Waals surface area contributed by atoms with E-state index in [1.165, 1.54) is 28.6 Å². The molecule has 154 valence electrons. The Morgan fingerprint density at radius 1 is 1.41 bits per heavy atom. The van der Waals surface area contributed by atoms with Crippen LogP contribution in [0.3, 0.4) is 0 Å². The van der Waals surface area contributed by atoms with Crippen molar-refractivity contribution in [2.75, 3.05) is 23.3 Å². The van der Waals surface area contributed by atoms with E-state index in [4.69, 9.17) is 5.73 Å². The van der Waals surface area contributed by atoms with Crippen molar-refractivity contribution in [2.24, 2.45) is 12.8 Å². The lowest BCUT2D eigenvalue weighted by Crippen LogP contribution is -2.50. The van der Waals surface area contributed by atoms with Gasteiger partial charge in [-0.2, -0.15) is 10.2 Å². The number of amides is 1. The molecule has 1 saturated heterocycles. The topological polar surface area (TPSA) is 106 Å². The summed E-state index contributed by atoms with van der Waals surface area (Å²) in [5.41, 5.74) is 5.56. The summed E-state index contributed by atoms with van der Waals surface area (Å²) >= 11 is 0. The first-order chi connectivity index (χ1) is 13.8. The zero-order valence-corrected chi connectivity index (χ0v) is 15.5. The van der Waals surface area contributed by atoms with Crippen molar-refractivity contribution in [3.8, 4) is 0 Å². The predicted octanol–water partition coefficient (Wildman–Crippen LogP) is 1.53. The Morgan fingerprint density at radius 2 is 2.21 bits per heavy atom. The number of alkyl halides is 3. The summed E-state index contributed by atoms with van der Waals surface area (Å²) in [5.74, 6) is -0.109. The number of hydrogen-bond acceptors (Lipinski definition) is 6. The lowest BCUT2D eigenvalue weighted by Gasteiger charge is -2.33. The molecule has 3 aromatic rings. The van der Waals surface area contributed by atoms with Gasteiger partial charge < -0.3 is 16.0 Å². The maximum Gasteiger partial charge on any atom is 0.284 e. The first-order valence-corrected chi connectivity index (χ1v) is 8.95. The highest BCUT2D eigenvalue weighted by Crippen LogP contribution is 2.26. The van der Waals surface area contributed by atoms with Gasteiger partial charge in [0.15, 0.2) is 11.3 Å². The normalized spacial score (nSPS) is 19.9. The van der Waals surface area contributed by atoms with Crippen molar-refractivity contribution >= 4 is 23.1 Å². The van der Waals surface area contributed by atoms with Crippen molar-refractivity contribution in [1.29, 1.82) is 0 Å². The molecule has 3 aromatic heterocycles. The smallest absolute Gasteiger partial charge is 0.284 e. The maximum atomic E-state index is 13.6. The average molecular weight is 408 g/mol. The van der Waals surface area contributed by atoms with Crippen LogP contribution in [0.25, 0.3) is 5.65 Å².